The summed E-state index contributed by atoms with van der Waals surface area (Å²) in [5, 5.41) is 25.1. The molecule has 1 aliphatic rings. The molecular weight excluding hydrogens is 670 g/mol. The SMILES string of the molecule is CC[C@H](C)[C@@H]([C@@H](CC(=O)N1CCC[C@H]1[C@H](OC)[C@@H](C)C(=O)N[C@@H](Cc1ccccc1)C(=O)O)OC)N(C)C(=O)[C@@H](NC(=O)[C@H](CO)N(C)C)C(C)C. The van der Waals surface area contributed by atoms with Crippen LogP contribution in [0.1, 0.15) is 65.9 Å². The number of carbonyl (C=O) groups excluding carboxylic acids is 4. The zero-order valence-electron chi connectivity index (χ0n) is 32.7. The van der Waals surface area contributed by atoms with Gasteiger partial charge in [0, 0.05) is 34.2 Å². The molecule has 1 fully saturated rings. The maximum absolute atomic E-state index is 14.1. The number of carbonyl (C=O) groups is 5. The van der Waals surface area contributed by atoms with Crippen LogP contribution in [0.2, 0.25) is 0 Å². The number of nitrogens with one attached hydrogen (secondary N) is 2. The number of benzene rings is 1. The molecule has 14 nitrogen and oxygen atoms in total. The molecule has 52 heavy (non-hydrogen) atoms. The van der Waals surface area contributed by atoms with Crippen LogP contribution in [0, 0.1) is 17.8 Å². The van der Waals surface area contributed by atoms with Gasteiger partial charge in [-0.25, -0.2) is 4.79 Å². The van der Waals surface area contributed by atoms with E-state index in [9.17, 15) is 34.2 Å². The molecule has 1 heterocycles. The van der Waals surface area contributed by atoms with E-state index in [4.69, 9.17) is 9.47 Å². The van der Waals surface area contributed by atoms with E-state index in [1.165, 1.54) is 14.2 Å². The van der Waals surface area contributed by atoms with Gasteiger partial charge < -0.3 is 40.1 Å². The maximum atomic E-state index is 14.1. The lowest BCUT2D eigenvalue weighted by molar-refractivity contribution is -0.148. The van der Waals surface area contributed by atoms with E-state index in [2.05, 4.69) is 10.6 Å². The third-order valence-corrected chi connectivity index (χ3v) is 10.5. The third kappa shape index (κ3) is 11.7. The molecule has 294 valence electrons. The molecule has 0 aliphatic carbocycles. The number of likely N-dealkylation sites (tertiary alicyclic amines) is 1. The van der Waals surface area contributed by atoms with E-state index in [0.717, 1.165) is 5.56 Å². The van der Waals surface area contributed by atoms with Crippen molar-refractivity contribution in [3.8, 4) is 0 Å². The molecule has 4 N–H and O–H groups in total. The Bertz CT molecular complexity index is 1310. The molecule has 0 spiro atoms. The quantitative estimate of drug-likeness (QED) is 0.146. The van der Waals surface area contributed by atoms with Crippen LogP contribution in [0.4, 0.5) is 0 Å². The van der Waals surface area contributed by atoms with Gasteiger partial charge in [0.2, 0.25) is 23.6 Å². The highest BCUT2D eigenvalue weighted by Crippen LogP contribution is 2.29. The van der Waals surface area contributed by atoms with Crippen LogP contribution in [0.15, 0.2) is 30.3 Å². The van der Waals surface area contributed by atoms with Gasteiger partial charge in [-0.2, -0.15) is 0 Å². The molecule has 1 aromatic carbocycles. The summed E-state index contributed by atoms with van der Waals surface area (Å²) in [5.74, 6) is -3.74. The summed E-state index contributed by atoms with van der Waals surface area (Å²) in [5.41, 5.74) is 0.776. The van der Waals surface area contributed by atoms with Crippen molar-refractivity contribution in [1.29, 1.82) is 0 Å². The summed E-state index contributed by atoms with van der Waals surface area (Å²) in [6, 6.07) is 5.27. The monoisotopic (exact) mass is 733 g/mol. The Morgan fingerprint density at radius 1 is 0.962 bits per heavy atom. The van der Waals surface area contributed by atoms with Crippen LogP contribution >= 0.6 is 0 Å². The molecule has 0 saturated carbocycles. The first kappa shape index (κ1) is 44.6. The standard InChI is InChI=1S/C38H63N5O9/c1-11-24(4)33(42(8)37(48)32(23(2)3)40-36(47)29(22-44)41(6)7)30(51-9)21-31(45)43-19-15-18-28(43)34(52-10)25(5)35(46)39-27(38(49)50)20-26-16-13-12-14-17-26/h12-14,16-17,23-25,27-30,32-34,44H,11,15,18-22H2,1-10H3,(H,39,46)(H,40,47)(H,49,50)/t24-,25+,27-,28-,29-,30+,32-,33-,34+/m0/s1. The average molecular weight is 734 g/mol. The number of carboxylic acids is 1. The van der Waals surface area contributed by atoms with Gasteiger partial charge in [-0.1, -0.05) is 71.4 Å². The van der Waals surface area contributed by atoms with Gasteiger partial charge in [-0.3, -0.25) is 24.1 Å². The Hall–Kier alpha value is -3.59. The normalized spacial score (nSPS) is 19.2. The highest BCUT2D eigenvalue weighted by atomic mass is 16.5. The molecule has 1 saturated heterocycles. The predicted octanol–water partition coefficient (Wildman–Crippen LogP) is 1.78. The first-order valence-electron chi connectivity index (χ1n) is 18.3. The van der Waals surface area contributed by atoms with Crippen LogP contribution in [-0.4, -0.2) is 145 Å². The van der Waals surface area contributed by atoms with E-state index in [-0.39, 0.29) is 36.5 Å². The summed E-state index contributed by atoms with van der Waals surface area (Å²) in [4.78, 5) is 71.6. The molecule has 0 radical (unpaired) electrons. The highest BCUT2D eigenvalue weighted by molar-refractivity contribution is 5.90. The topological polar surface area (TPSA) is 178 Å². The van der Waals surface area contributed by atoms with Crippen molar-refractivity contribution < 1.29 is 43.7 Å². The van der Waals surface area contributed by atoms with Crippen LogP contribution in [0.25, 0.3) is 0 Å². The smallest absolute Gasteiger partial charge is 0.326 e. The fraction of sp³-hybridized carbons (Fsp3) is 0.711. The Balaban J connectivity index is 2.26. The summed E-state index contributed by atoms with van der Waals surface area (Å²) < 4.78 is 11.8. The molecule has 1 aliphatic heterocycles. The number of methoxy groups -OCH3 is 2. The number of ether oxygens (including phenoxy) is 2. The number of hydrogen-bond acceptors (Lipinski definition) is 9. The van der Waals surface area contributed by atoms with Crippen LogP contribution in [-0.2, 0) is 39.9 Å². The lowest BCUT2D eigenvalue weighted by Gasteiger charge is -2.41. The largest absolute Gasteiger partial charge is 0.480 e. The summed E-state index contributed by atoms with van der Waals surface area (Å²) >= 11 is 0. The first-order valence-corrected chi connectivity index (χ1v) is 18.3. The van der Waals surface area contributed by atoms with E-state index in [0.29, 0.717) is 25.8 Å². The predicted molar refractivity (Wildman–Crippen MR) is 197 cm³/mol. The van der Waals surface area contributed by atoms with E-state index in [1.54, 1.807) is 54.9 Å². The number of likely N-dealkylation sites (N-methyl/N-ethyl adjacent to an activating group) is 2. The van der Waals surface area contributed by atoms with Crippen molar-refractivity contribution in [3.05, 3.63) is 35.9 Å². The number of hydrogen-bond donors (Lipinski definition) is 4. The Kier molecular flexibility index (Phi) is 18.2. The second-order valence-electron chi connectivity index (χ2n) is 14.6. The Morgan fingerprint density at radius 2 is 1.60 bits per heavy atom. The molecule has 4 amide bonds. The van der Waals surface area contributed by atoms with Crippen LogP contribution < -0.4 is 10.6 Å². The lowest BCUT2D eigenvalue weighted by Crippen LogP contribution is -2.59. The fourth-order valence-electron chi connectivity index (χ4n) is 7.12. The van der Waals surface area contributed by atoms with Crippen molar-refractivity contribution in [2.24, 2.45) is 17.8 Å². The van der Waals surface area contributed by atoms with Gasteiger partial charge >= 0.3 is 5.97 Å². The molecule has 0 aromatic heterocycles. The minimum Gasteiger partial charge on any atom is -0.480 e. The molecule has 14 heteroatoms. The second kappa shape index (κ2) is 21.2. The number of amides is 4. The van der Waals surface area contributed by atoms with E-state index in [1.807, 2.05) is 45.9 Å². The van der Waals surface area contributed by atoms with Gasteiger partial charge in [-0.15, -0.1) is 0 Å². The lowest BCUT2D eigenvalue weighted by atomic mass is 9.89. The molecule has 9 atom stereocenters. The van der Waals surface area contributed by atoms with Gasteiger partial charge in [0.15, 0.2) is 0 Å². The second-order valence-corrected chi connectivity index (χ2v) is 14.6. The number of carboxylic acid groups (broad SMARTS) is 1. The molecule has 1 aromatic rings. The van der Waals surface area contributed by atoms with Crippen LogP contribution in [0.3, 0.4) is 0 Å². The zero-order chi connectivity index (χ0) is 39.3. The zero-order valence-corrected chi connectivity index (χ0v) is 32.7. The molecule has 0 bridgehead atoms. The van der Waals surface area contributed by atoms with Crippen molar-refractivity contribution >= 4 is 29.6 Å². The van der Waals surface area contributed by atoms with E-state index >= 15 is 0 Å². The maximum Gasteiger partial charge on any atom is 0.326 e. The van der Waals surface area contributed by atoms with Crippen molar-refractivity contribution in [3.63, 3.8) is 0 Å². The minimum absolute atomic E-state index is 0.0409. The Morgan fingerprint density at radius 3 is 2.10 bits per heavy atom. The van der Waals surface area contributed by atoms with Gasteiger partial charge in [-0.05, 0) is 44.3 Å². The number of rotatable bonds is 21. The van der Waals surface area contributed by atoms with Crippen molar-refractivity contribution in [2.75, 3.05) is 48.5 Å². The van der Waals surface area contributed by atoms with E-state index < -0.39 is 72.7 Å². The number of nitrogens with zero attached hydrogens (tertiary/aromatic N) is 3. The first-order chi connectivity index (χ1) is 24.5. The van der Waals surface area contributed by atoms with Crippen molar-refractivity contribution in [1.82, 2.24) is 25.3 Å². The number of aliphatic hydroxyl groups excluding tert-OH is 1. The summed E-state index contributed by atoms with van der Waals surface area (Å²) in [6.45, 7) is 9.37. The van der Waals surface area contributed by atoms with Gasteiger partial charge in [0.25, 0.3) is 0 Å². The summed E-state index contributed by atoms with van der Waals surface area (Å²) in [6.07, 6.45) is 0.666. The number of aliphatic hydroxyl groups is 1. The third-order valence-electron chi connectivity index (χ3n) is 10.5. The summed E-state index contributed by atoms with van der Waals surface area (Å²) in [7, 11) is 8.01. The number of aliphatic carboxylic acids is 1. The Labute approximate surface area is 309 Å². The fourth-order valence-corrected chi connectivity index (χ4v) is 7.12. The van der Waals surface area contributed by atoms with Gasteiger partial charge in [0.05, 0.1) is 43.2 Å². The molecule has 0 unspecified atom stereocenters. The molecular formula is C38H63N5O9. The van der Waals surface area contributed by atoms with Gasteiger partial charge in [0.1, 0.15) is 18.1 Å². The minimum atomic E-state index is -1.15. The highest BCUT2D eigenvalue weighted by Gasteiger charge is 2.43. The average Bonchev–Trinajstić information content (AvgIpc) is 3.59. The van der Waals surface area contributed by atoms with Crippen LogP contribution in [0.5, 0.6) is 0 Å². The van der Waals surface area contributed by atoms with Crippen molar-refractivity contribution in [2.45, 2.75) is 109 Å². The molecule has 2 rings (SSSR count).